The van der Waals surface area contributed by atoms with Gasteiger partial charge in [0, 0.05) is 23.5 Å². The third-order valence-electron chi connectivity index (χ3n) is 3.92. The van der Waals surface area contributed by atoms with Crippen LogP contribution in [0, 0.1) is 5.92 Å². The molecule has 0 saturated heterocycles. The highest BCUT2D eigenvalue weighted by Gasteiger charge is 2.42. The van der Waals surface area contributed by atoms with Crippen molar-refractivity contribution in [2.24, 2.45) is 10.9 Å². The second-order valence-corrected chi connectivity index (χ2v) is 6.16. The number of aliphatic carboxylic acids is 1. The zero-order valence-corrected chi connectivity index (χ0v) is 14.9. The number of allylic oxidation sites excluding steroid dienone is 1. The van der Waals surface area contributed by atoms with E-state index in [-0.39, 0.29) is 12.2 Å². The number of aliphatic imine (C=N–C) groups is 1. The second-order valence-electron chi connectivity index (χ2n) is 5.37. The van der Waals surface area contributed by atoms with Gasteiger partial charge in [0.05, 0.1) is 17.2 Å². The highest BCUT2D eigenvalue weighted by atomic mass is 32.2. The zero-order valence-electron chi connectivity index (χ0n) is 14.1. The van der Waals surface area contributed by atoms with Crippen molar-refractivity contribution in [3.63, 3.8) is 0 Å². The molecule has 2 atom stereocenters. The lowest BCUT2D eigenvalue weighted by molar-refractivity contribution is -0.141. The molecule has 6 nitrogen and oxygen atoms in total. The number of carbonyl (C=O) groups is 2. The van der Waals surface area contributed by atoms with Crippen molar-refractivity contribution < 1.29 is 19.4 Å². The maximum Gasteiger partial charge on any atom is 0.336 e. The molecule has 0 radical (unpaired) electrons. The minimum atomic E-state index is -1.02. The first-order chi connectivity index (χ1) is 11.4. The number of carbonyl (C=O) groups excluding carboxylic acids is 1. The standard InChI is InChI=1S/C17H20N2O4S/c1-5-23-17(22)13-10(3)19-9(2)12(16(20)21)14(13)11-7-6-8-18-15(11)24-4/h6-8,12,14H,5H2,1-4H3,(H,20,21). The number of thioether (sulfide) groups is 1. The topological polar surface area (TPSA) is 88.8 Å². The first-order valence-electron chi connectivity index (χ1n) is 7.57. The lowest BCUT2D eigenvalue weighted by Gasteiger charge is -2.31. The Hall–Kier alpha value is -2.15. The van der Waals surface area contributed by atoms with Gasteiger partial charge in [-0.15, -0.1) is 11.8 Å². The molecule has 0 aliphatic carbocycles. The van der Waals surface area contributed by atoms with Crippen LogP contribution in [0.1, 0.15) is 32.3 Å². The summed E-state index contributed by atoms with van der Waals surface area (Å²) < 4.78 is 5.15. The van der Waals surface area contributed by atoms with Crippen LogP contribution in [0.2, 0.25) is 0 Å². The van der Waals surface area contributed by atoms with Crippen molar-refractivity contribution in [2.75, 3.05) is 12.9 Å². The maximum atomic E-state index is 12.5. The van der Waals surface area contributed by atoms with Gasteiger partial charge in [0.2, 0.25) is 0 Å². The fourth-order valence-electron chi connectivity index (χ4n) is 2.98. The van der Waals surface area contributed by atoms with Crippen LogP contribution in [-0.4, -0.2) is 40.6 Å². The molecule has 128 valence electrons. The summed E-state index contributed by atoms with van der Waals surface area (Å²) in [6.07, 6.45) is 3.52. The lowest BCUT2D eigenvalue weighted by Crippen LogP contribution is -2.35. The molecule has 1 aliphatic rings. The minimum absolute atomic E-state index is 0.213. The lowest BCUT2D eigenvalue weighted by atomic mass is 9.76. The van der Waals surface area contributed by atoms with Crippen LogP contribution in [0.5, 0.6) is 0 Å². The number of hydrogen-bond acceptors (Lipinski definition) is 6. The average Bonchev–Trinajstić information content (AvgIpc) is 2.53. The summed E-state index contributed by atoms with van der Waals surface area (Å²) in [5.41, 5.74) is 1.95. The van der Waals surface area contributed by atoms with Crippen molar-refractivity contribution in [1.29, 1.82) is 0 Å². The van der Waals surface area contributed by atoms with Crippen LogP contribution in [-0.2, 0) is 14.3 Å². The van der Waals surface area contributed by atoms with Crippen LogP contribution >= 0.6 is 11.8 Å². The number of hydrogen-bond donors (Lipinski definition) is 1. The Morgan fingerprint density at radius 1 is 1.38 bits per heavy atom. The quantitative estimate of drug-likeness (QED) is 0.650. The first-order valence-corrected chi connectivity index (χ1v) is 8.79. The highest BCUT2D eigenvalue weighted by molar-refractivity contribution is 7.98. The largest absolute Gasteiger partial charge is 0.481 e. The van der Waals surface area contributed by atoms with Crippen molar-refractivity contribution in [2.45, 2.75) is 31.7 Å². The molecule has 2 heterocycles. The van der Waals surface area contributed by atoms with E-state index in [0.717, 1.165) is 0 Å². The van der Waals surface area contributed by atoms with Gasteiger partial charge in [-0.25, -0.2) is 9.78 Å². The molecule has 0 fully saturated rings. The molecular formula is C17H20N2O4S. The number of carboxylic acid groups (broad SMARTS) is 1. The smallest absolute Gasteiger partial charge is 0.336 e. The van der Waals surface area contributed by atoms with Crippen molar-refractivity contribution in [1.82, 2.24) is 4.98 Å². The summed E-state index contributed by atoms with van der Waals surface area (Å²) >= 11 is 1.41. The van der Waals surface area contributed by atoms with Gasteiger partial charge in [0.25, 0.3) is 0 Å². The molecule has 0 saturated carbocycles. The van der Waals surface area contributed by atoms with E-state index in [1.165, 1.54) is 11.8 Å². The molecular weight excluding hydrogens is 328 g/mol. The number of pyridine rings is 1. The number of rotatable bonds is 5. The number of aromatic nitrogens is 1. The maximum absolute atomic E-state index is 12.5. The molecule has 1 aromatic heterocycles. The monoisotopic (exact) mass is 348 g/mol. The molecule has 7 heteroatoms. The Morgan fingerprint density at radius 2 is 2.08 bits per heavy atom. The Morgan fingerprint density at radius 3 is 2.67 bits per heavy atom. The van der Waals surface area contributed by atoms with Crippen molar-refractivity contribution >= 4 is 29.4 Å². The first kappa shape index (κ1) is 18.2. The van der Waals surface area contributed by atoms with Crippen molar-refractivity contribution in [3.05, 3.63) is 35.2 Å². The molecule has 0 aromatic carbocycles. The molecule has 0 bridgehead atoms. The van der Waals surface area contributed by atoms with E-state index in [9.17, 15) is 14.7 Å². The molecule has 2 rings (SSSR count). The van der Waals surface area contributed by atoms with Gasteiger partial charge >= 0.3 is 11.9 Å². The summed E-state index contributed by atoms with van der Waals surface area (Å²) in [5, 5.41) is 10.4. The predicted molar refractivity (Wildman–Crippen MR) is 92.3 cm³/mol. The molecule has 2 unspecified atom stereocenters. The van der Waals surface area contributed by atoms with Gasteiger partial charge in [0.1, 0.15) is 5.92 Å². The number of esters is 1. The molecule has 0 spiro atoms. The fourth-order valence-corrected chi connectivity index (χ4v) is 3.57. The van der Waals surface area contributed by atoms with E-state index in [0.29, 0.717) is 22.0 Å². The second kappa shape index (κ2) is 7.61. The van der Waals surface area contributed by atoms with Gasteiger partial charge in [-0.1, -0.05) is 6.07 Å². The summed E-state index contributed by atoms with van der Waals surface area (Å²) in [5.74, 6) is -3.15. The van der Waals surface area contributed by atoms with Crippen molar-refractivity contribution in [3.8, 4) is 0 Å². The van der Waals surface area contributed by atoms with E-state index in [4.69, 9.17) is 4.74 Å². The van der Waals surface area contributed by atoms with Crippen LogP contribution in [0.25, 0.3) is 0 Å². The minimum Gasteiger partial charge on any atom is -0.481 e. The van der Waals surface area contributed by atoms with Crippen LogP contribution in [0.15, 0.2) is 39.6 Å². The molecule has 1 aliphatic heterocycles. The number of carboxylic acids is 1. The van der Waals surface area contributed by atoms with Gasteiger partial charge in [-0.3, -0.25) is 9.79 Å². The predicted octanol–water partition coefficient (Wildman–Crippen LogP) is 2.90. The van der Waals surface area contributed by atoms with Crippen LogP contribution in [0.3, 0.4) is 0 Å². The Labute approximate surface area is 145 Å². The Balaban J connectivity index is 2.70. The van der Waals surface area contributed by atoms with E-state index in [1.807, 2.05) is 12.3 Å². The van der Waals surface area contributed by atoms with Crippen LogP contribution in [0.4, 0.5) is 0 Å². The van der Waals surface area contributed by atoms with E-state index in [2.05, 4.69) is 9.98 Å². The van der Waals surface area contributed by atoms with Gasteiger partial charge < -0.3 is 9.84 Å². The van der Waals surface area contributed by atoms with Gasteiger partial charge in [0.15, 0.2) is 0 Å². The summed E-state index contributed by atoms with van der Waals surface area (Å²) in [6, 6.07) is 3.55. The highest BCUT2D eigenvalue weighted by Crippen LogP contribution is 2.42. The third-order valence-corrected chi connectivity index (χ3v) is 4.65. The number of ether oxygens (including phenoxy) is 1. The Kier molecular flexibility index (Phi) is 5.77. The summed E-state index contributed by atoms with van der Waals surface area (Å²) in [7, 11) is 0. The number of nitrogens with zero attached hydrogens (tertiary/aromatic N) is 2. The van der Waals surface area contributed by atoms with Gasteiger partial charge in [-0.05, 0) is 38.7 Å². The zero-order chi connectivity index (χ0) is 17.9. The Bertz CT molecular complexity index is 727. The normalized spacial score (nSPS) is 20.6. The fraction of sp³-hybridized carbons (Fsp3) is 0.412. The summed E-state index contributed by atoms with van der Waals surface area (Å²) in [4.78, 5) is 33.0. The SMILES string of the molecule is CCOC(=O)C1=C(C)N=C(C)C(C(=O)O)C1c1cccnc1SC. The van der Waals surface area contributed by atoms with Gasteiger partial charge in [-0.2, -0.15) is 0 Å². The molecule has 1 N–H and O–H groups in total. The third kappa shape index (κ3) is 3.36. The van der Waals surface area contributed by atoms with E-state index < -0.39 is 23.8 Å². The summed E-state index contributed by atoms with van der Waals surface area (Å²) in [6.45, 7) is 5.31. The van der Waals surface area contributed by atoms with E-state index >= 15 is 0 Å². The molecule has 1 aromatic rings. The molecule has 0 amide bonds. The average molecular weight is 348 g/mol. The van der Waals surface area contributed by atoms with Crippen LogP contribution < -0.4 is 0 Å². The molecule has 24 heavy (non-hydrogen) atoms. The van der Waals surface area contributed by atoms with E-state index in [1.54, 1.807) is 33.0 Å².